The van der Waals surface area contributed by atoms with E-state index in [-0.39, 0.29) is 12.5 Å². The Morgan fingerprint density at radius 1 is 1.38 bits per heavy atom. The topological polar surface area (TPSA) is 65.4 Å². The summed E-state index contributed by atoms with van der Waals surface area (Å²) >= 11 is 7.37. The number of anilines is 1. The molecule has 0 spiro atoms. The lowest BCUT2D eigenvalue weighted by molar-refractivity contribution is -0.117. The number of carbonyl (C=O) groups excluding carboxylic acids is 1. The fourth-order valence-corrected chi connectivity index (χ4v) is 4.33. The van der Waals surface area contributed by atoms with Gasteiger partial charge < -0.3 is 10.1 Å². The molecule has 1 amide bonds. The molecule has 1 N–H and O–H groups in total. The van der Waals surface area contributed by atoms with E-state index in [2.05, 4.69) is 11.4 Å². The number of likely N-dealkylation sites (N-methyl/N-ethyl adjacent to an activating group) is 1. The number of rotatable bonds is 7. The van der Waals surface area contributed by atoms with Gasteiger partial charge in [-0.2, -0.15) is 5.26 Å². The molecule has 0 fully saturated rings. The van der Waals surface area contributed by atoms with E-state index in [4.69, 9.17) is 16.3 Å². The van der Waals surface area contributed by atoms with Crippen molar-refractivity contribution in [2.75, 3.05) is 32.1 Å². The minimum atomic E-state index is -0.115. The summed E-state index contributed by atoms with van der Waals surface area (Å²) < 4.78 is 5.64. The monoisotopic (exact) mass is 389 g/mol. The van der Waals surface area contributed by atoms with Crippen LogP contribution in [0.1, 0.15) is 22.4 Å². The Morgan fingerprint density at radius 3 is 2.88 bits per heavy atom. The zero-order valence-corrected chi connectivity index (χ0v) is 16.1. The first kappa shape index (κ1) is 18.7. The van der Waals surface area contributed by atoms with Gasteiger partial charge in [-0.3, -0.25) is 9.69 Å². The summed E-state index contributed by atoms with van der Waals surface area (Å²) in [5.74, 6) is 0.634. The summed E-state index contributed by atoms with van der Waals surface area (Å²) in [6.45, 7) is 1.33. The van der Waals surface area contributed by atoms with Crippen LogP contribution in [0.4, 0.5) is 5.00 Å². The normalized spacial score (nSPS) is 12.7. The Morgan fingerprint density at radius 2 is 2.15 bits per heavy atom. The fourth-order valence-electron chi connectivity index (χ4n) is 2.95. The average molecular weight is 390 g/mol. The summed E-state index contributed by atoms with van der Waals surface area (Å²) in [7, 11) is 1.87. The van der Waals surface area contributed by atoms with E-state index in [1.54, 1.807) is 12.1 Å². The molecule has 1 aliphatic carbocycles. The Bertz CT molecular complexity index is 827. The predicted octanol–water partition coefficient (Wildman–Crippen LogP) is 3.71. The molecule has 0 saturated carbocycles. The van der Waals surface area contributed by atoms with Crippen molar-refractivity contribution in [1.82, 2.24) is 4.90 Å². The van der Waals surface area contributed by atoms with E-state index in [0.717, 1.165) is 30.6 Å². The lowest BCUT2D eigenvalue weighted by atomic mass is 10.1. The molecule has 0 atom stereocenters. The van der Waals surface area contributed by atoms with E-state index in [1.807, 2.05) is 24.1 Å². The zero-order chi connectivity index (χ0) is 18.5. The smallest absolute Gasteiger partial charge is 0.239 e. The second-order valence-electron chi connectivity index (χ2n) is 6.26. The van der Waals surface area contributed by atoms with Gasteiger partial charge in [0.25, 0.3) is 0 Å². The number of benzene rings is 1. The number of hydrogen-bond donors (Lipinski definition) is 1. The summed E-state index contributed by atoms with van der Waals surface area (Å²) in [6, 6.07) is 9.43. The molecule has 5 nitrogen and oxygen atoms in total. The number of carbonyl (C=O) groups is 1. The average Bonchev–Trinajstić information content (AvgIpc) is 3.17. The molecule has 1 aromatic carbocycles. The zero-order valence-electron chi connectivity index (χ0n) is 14.5. The van der Waals surface area contributed by atoms with Crippen molar-refractivity contribution >= 4 is 33.8 Å². The van der Waals surface area contributed by atoms with E-state index in [1.165, 1.54) is 16.2 Å². The molecule has 0 unspecified atom stereocenters. The molecular weight excluding hydrogens is 370 g/mol. The number of ether oxygens (including phenoxy) is 1. The number of amides is 1. The molecule has 1 aromatic heterocycles. The van der Waals surface area contributed by atoms with Crippen LogP contribution in [-0.4, -0.2) is 37.6 Å². The Kier molecular flexibility index (Phi) is 6.15. The molecule has 0 bridgehead atoms. The van der Waals surface area contributed by atoms with Crippen LogP contribution in [0.5, 0.6) is 5.75 Å². The van der Waals surface area contributed by atoms with Gasteiger partial charge in [-0.15, -0.1) is 11.3 Å². The van der Waals surface area contributed by atoms with Crippen molar-refractivity contribution < 1.29 is 9.53 Å². The van der Waals surface area contributed by atoms with Gasteiger partial charge >= 0.3 is 0 Å². The third kappa shape index (κ3) is 4.55. The molecule has 0 aliphatic heterocycles. The van der Waals surface area contributed by atoms with Crippen molar-refractivity contribution in [1.29, 1.82) is 5.26 Å². The van der Waals surface area contributed by atoms with E-state index in [9.17, 15) is 10.1 Å². The number of halogens is 1. The molecule has 1 heterocycles. The van der Waals surface area contributed by atoms with Gasteiger partial charge in [-0.25, -0.2) is 0 Å². The highest BCUT2D eigenvalue weighted by Crippen LogP contribution is 2.38. The first-order valence-electron chi connectivity index (χ1n) is 8.48. The summed E-state index contributed by atoms with van der Waals surface area (Å²) in [5, 5.41) is 13.6. The fraction of sp³-hybridized carbons (Fsp3) is 0.368. The number of nitrogens with one attached hydrogen (secondary N) is 1. The van der Waals surface area contributed by atoms with Gasteiger partial charge in [0, 0.05) is 16.4 Å². The van der Waals surface area contributed by atoms with Crippen molar-refractivity contribution in [3.05, 3.63) is 45.3 Å². The van der Waals surface area contributed by atoms with Crippen molar-refractivity contribution in [2.24, 2.45) is 0 Å². The number of hydrogen-bond acceptors (Lipinski definition) is 5. The highest BCUT2D eigenvalue weighted by Gasteiger charge is 2.23. The Balaban J connectivity index is 1.46. The molecule has 0 saturated heterocycles. The Hall–Kier alpha value is -2.07. The highest BCUT2D eigenvalue weighted by atomic mass is 35.5. The second kappa shape index (κ2) is 8.54. The first-order chi connectivity index (χ1) is 12.6. The molecule has 7 heteroatoms. The van der Waals surface area contributed by atoms with Crippen LogP contribution in [0.15, 0.2) is 24.3 Å². The number of thiophene rings is 1. The van der Waals surface area contributed by atoms with Crippen molar-refractivity contribution in [2.45, 2.75) is 19.3 Å². The van der Waals surface area contributed by atoms with Gasteiger partial charge in [0.15, 0.2) is 0 Å². The maximum Gasteiger partial charge on any atom is 0.239 e. The van der Waals surface area contributed by atoms with Gasteiger partial charge in [-0.05, 0) is 56.1 Å². The summed E-state index contributed by atoms with van der Waals surface area (Å²) in [4.78, 5) is 15.4. The SMILES string of the molecule is CN(CCOc1ccc(Cl)cc1)CC(=O)Nc1sc2c(c1C#N)CCC2. The third-order valence-corrected chi connectivity index (χ3v) is 5.71. The lowest BCUT2D eigenvalue weighted by Crippen LogP contribution is -2.33. The highest BCUT2D eigenvalue weighted by molar-refractivity contribution is 7.16. The molecule has 1 aliphatic rings. The number of aryl methyl sites for hydroxylation is 1. The van der Waals surface area contributed by atoms with Gasteiger partial charge in [-0.1, -0.05) is 11.6 Å². The van der Waals surface area contributed by atoms with E-state index in [0.29, 0.717) is 28.7 Å². The lowest BCUT2D eigenvalue weighted by Gasteiger charge is -2.16. The standard InChI is InChI=1S/C19H20ClN3O2S/c1-23(9-10-25-14-7-5-13(20)6-8-14)12-18(24)22-19-16(11-21)15-3-2-4-17(15)26-19/h5-8H,2-4,9-10,12H2,1H3,(H,22,24). The van der Waals surface area contributed by atoms with E-state index >= 15 is 0 Å². The number of nitriles is 1. The molecule has 3 rings (SSSR count). The van der Waals surface area contributed by atoms with Gasteiger partial charge in [0.1, 0.15) is 23.4 Å². The van der Waals surface area contributed by atoms with Crippen LogP contribution < -0.4 is 10.1 Å². The maximum atomic E-state index is 12.3. The second-order valence-corrected chi connectivity index (χ2v) is 7.80. The van der Waals surface area contributed by atoms with Gasteiger partial charge in [0.2, 0.25) is 5.91 Å². The minimum Gasteiger partial charge on any atom is -0.492 e. The summed E-state index contributed by atoms with van der Waals surface area (Å²) in [5.41, 5.74) is 1.77. The van der Waals surface area contributed by atoms with Crippen LogP contribution in [0.3, 0.4) is 0 Å². The molecule has 136 valence electrons. The molecule has 2 aromatic rings. The van der Waals surface area contributed by atoms with Crippen LogP contribution in [0.2, 0.25) is 5.02 Å². The number of fused-ring (bicyclic) bond motifs is 1. The van der Waals surface area contributed by atoms with Gasteiger partial charge in [0.05, 0.1) is 12.1 Å². The quantitative estimate of drug-likeness (QED) is 0.783. The van der Waals surface area contributed by atoms with Crippen LogP contribution >= 0.6 is 22.9 Å². The Labute approximate surface area is 162 Å². The van der Waals surface area contributed by atoms with Crippen molar-refractivity contribution in [3.8, 4) is 11.8 Å². The first-order valence-corrected chi connectivity index (χ1v) is 9.67. The third-order valence-electron chi connectivity index (χ3n) is 4.25. The van der Waals surface area contributed by atoms with E-state index < -0.39 is 0 Å². The molecular formula is C19H20ClN3O2S. The maximum absolute atomic E-state index is 12.3. The predicted molar refractivity (Wildman–Crippen MR) is 104 cm³/mol. The summed E-state index contributed by atoms with van der Waals surface area (Å²) in [6.07, 6.45) is 3.04. The van der Waals surface area contributed by atoms with Crippen LogP contribution in [-0.2, 0) is 17.6 Å². The van der Waals surface area contributed by atoms with Crippen LogP contribution in [0, 0.1) is 11.3 Å². The minimum absolute atomic E-state index is 0.115. The van der Waals surface area contributed by atoms with Crippen molar-refractivity contribution in [3.63, 3.8) is 0 Å². The number of nitrogens with zero attached hydrogens (tertiary/aromatic N) is 2. The van der Waals surface area contributed by atoms with Crippen LogP contribution in [0.25, 0.3) is 0 Å². The molecule has 26 heavy (non-hydrogen) atoms. The largest absolute Gasteiger partial charge is 0.492 e. The molecule has 0 radical (unpaired) electrons.